The number of ketones is 1. The first-order valence-corrected chi connectivity index (χ1v) is 15.1. The van der Waals surface area contributed by atoms with Crippen LogP contribution in [0.2, 0.25) is 0 Å². The summed E-state index contributed by atoms with van der Waals surface area (Å²) in [6.07, 6.45) is 3.92. The third-order valence-electron chi connectivity index (χ3n) is 8.35. The maximum Gasteiger partial charge on any atom is 0.418 e. The number of rotatable bonds is 4. The number of urea groups is 1. The van der Waals surface area contributed by atoms with Gasteiger partial charge >= 0.3 is 12.1 Å². The van der Waals surface area contributed by atoms with Crippen molar-refractivity contribution in [3.63, 3.8) is 0 Å². The molecule has 4 heterocycles. The minimum Gasteiger partial charge on any atom is -0.431 e. The van der Waals surface area contributed by atoms with Crippen LogP contribution in [0, 0.1) is 0 Å². The quantitative estimate of drug-likeness (QED) is 0.563. The molecule has 3 fully saturated rings. The Kier molecular flexibility index (Phi) is 7.68. The predicted octanol–water partition coefficient (Wildman–Crippen LogP) is 3.63. The summed E-state index contributed by atoms with van der Waals surface area (Å²) in [7, 11) is 0. The van der Waals surface area contributed by atoms with Gasteiger partial charge in [0.15, 0.2) is 5.78 Å². The number of Topliss-reactive ketones (excluding diaryl/α,β-unsaturated/α-hetero) is 1. The number of carbonyl (C=O) groups excluding carboxylic acids is 5. The highest BCUT2D eigenvalue weighted by Crippen LogP contribution is 2.40. The lowest BCUT2D eigenvalue weighted by Gasteiger charge is -2.44. The SMILES string of the molecule is CCNC(=O)Nc1sc2c(c1C(=O)N1CCC(N3CCCC4(C3)OC(=O)N(C(C)(C)C)C4=O)CC1)CCCC2=O. The normalized spacial score (nSPS) is 24.4. The number of hydrogen-bond donors (Lipinski definition) is 2. The number of anilines is 1. The standard InChI is InChI=1S/C28H39N5O6S/c1-5-29-25(37)30-22-20(18-8-6-9-19(34)21(18)40-22)23(35)31-14-10-17(11-15-31)32-13-7-12-28(16-32)24(36)33(26(38)39-28)27(2,3)4/h17H,5-16H2,1-4H3,(H2,29,30,37). The molecule has 3 saturated heterocycles. The van der Waals surface area contributed by atoms with Crippen molar-refractivity contribution in [1.82, 2.24) is 20.0 Å². The van der Waals surface area contributed by atoms with Crippen molar-refractivity contribution in [1.29, 1.82) is 0 Å². The van der Waals surface area contributed by atoms with E-state index in [1.54, 1.807) is 0 Å². The van der Waals surface area contributed by atoms with E-state index in [-0.39, 0.29) is 23.6 Å². The minimum absolute atomic E-state index is 0.0224. The smallest absolute Gasteiger partial charge is 0.418 e. The highest BCUT2D eigenvalue weighted by molar-refractivity contribution is 7.18. The summed E-state index contributed by atoms with van der Waals surface area (Å²) < 4.78 is 5.76. The van der Waals surface area contributed by atoms with E-state index in [0.29, 0.717) is 67.3 Å². The lowest BCUT2D eigenvalue weighted by atomic mass is 9.88. The monoisotopic (exact) mass is 573 g/mol. The molecule has 1 aliphatic carbocycles. The van der Waals surface area contributed by atoms with Gasteiger partial charge < -0.3 is 15.0 Å². The Hall–Kier alpha value is -2.99. The number of piperidine rings is 2. The third-order valence-corrected chi connectivity index (χ3v) is 9.54. The molecular formula is C28H39N5O6S. The molecule has 2 N–H and O–H groups in total. The van der Waals surface area contributed by atoms with Gasteiger partial charge in [-0.15, -0.1) is 11.3 Å². The van der Waals surface area contributed by atoms with Crippen LogP contribution in [0.1, 0.15) is 91.8 Å². The van der Waals surface area contributed by atoms with Crippen molar-refractivity contribution < 1.29 is 28.7 Å². The van der Waals surface area contributed by atoms with Gasteiger partial charge in [-0.2, -0.15) is 0 Å². The zero-order valence-corrected chi connectivity index (χ0v) is 24.6. The molecule has 3 aliphatic heterocycles. The molecule has 40 heavy (non-hydrogen) atoms. The fraction of sp³-hybridized carbons (Fsp3) is 0.679. The Morgan fingerprint density at radius 1 is 1.07 bits per heavy atom. The molecule has 0 saturated carbocycles. The fourth-order valence-corrected chi connectivity index (χ4v) is 7.63. The zero-order chi connectivity index (χ0) is 28.8. The molecule has 0 radical (unpaired) electrons. The van der Waals surface area contributed by atoms with E-state index in [0.717, 1.165) is 31.4 Å². The number of imide groups is 1. The molecule has 0 bridgehead atoms. The molecule has 11 nitrogen and oxygen atoms in total. The average molecular weight is 574 g/mol. The van der Waals surface area contributed by atoms with Crippen molar-refractivity contribution >= 4 is 46.1 Å². The first-order chi connectivity index (χ1) is 18.9. The van der Waals surface area contributed by atoms with Gasteiger partial charge in [0.2, 0.25) is 5.60 Å². The van der Waals surface area contributed by atoms with Gasteiger partial charge in [0.25, 0.3) is 11.8 Å². The van der Waals surface area contributed by atoms with Crippen molar-refractivity contribution in [3.05, 3.63) is 16.0 Å². The van der Waals surface area contributed by atoms with Gasteiger partial charge in [-0.25, -0.2) is 14.5 Å². The van der Waals surface area contributed by atoms with Crippen molar-refractivity contribution in [2.24, 2.45) is 0 Å². The van der Waals surface area contributed by atoms with E-state index in [9.17, 15) is 24.0 Å². The van der Waals surface area contributed by atoms with Gasteiger partial charge in [0.05, 0.1) is 10.4 Å². The number of ether oxygens (including phenoxy) is 1. The first-order valence-electron chi connectivity index (χ1n) is 14.3. The number of hydrogen-bond acceptors (Lipinski definition) is 8. The van der Waals surface area contributed by atoms with Crippen LogP contribution in [0.5, 0.6) is 0 Å². The molecule has 1 spiro atoms. The summed E-state index contributed by atoms with van der Waals surface area (Å²) >= 11 is 1.20. The van der Waals surface area contributed by atoms with Crippen LogP contribution in [0.15, 0.2) is 0 Å². The number of amides is 5. The Bertz CT molecular complexity index is 1230. The minimum atomic E-state index is -1.14. The lowest BCUT2D eigenvalue weighted by Crippen LogP contribution is -2.59. The predicted molar refractivity (Wildman–Crippen MR) is 150 cm³/mol. The molecule has 1 aromatic rings. The Morgan fingerprint density at radius 3 is 2.45 bits per heavy atom. The molecule has 218 valence electrons. The molecule has 0 aromatic carbocycles. The molecule has 1 aromatic heterocycles. The summed E-state index contributed by atoms with van der Waals surface area (Å²) in [5, 5.41) is 5.93. The van der Waals surface area contributed by atoms with Crippen molar-refractivity contribution in [2.45, 2.75) is 89.8 Å². The number of likely N-dealkylation sites (tertiary alicyclic amines) is 2. The zero-order valence-electron chi connectivity index (χ0n) is 23.8. The summed E-state index contributed by atoms with van der Waals surface area (Å²) in [5.41, 5.74) is -0.594. The second kappa shape index (κ2) is 10.8. The molecular weight excluding hydrogens is 534 g/mol. The number of carbonyl (C=O) groups is 5. The summed E-state index contributed by atoms with van der Waals surface area (Å²) in [5.74, 6) is -0.395. The lowest BCUT2D eigenvalue weighted by molar-refractivity contribution is -0.144. The number of thiophene rings is 1. The van der Waals surface area contributed by atoms with E-state index >= 15 is 0 Å². The highest BCUT2D eigenvalue weighted by atomic mass is 32.1. The van der Waals surface area contributed by atoms with E-state index in [1.165, 1.54) is 16.2 Å². The van der Waals surface area contributed by atoms with E-state index in [4.69, 9.17) is 4.74 Å². The van der Waals surface area contributed by atoms with Crippen LogP contribution >= 0.6 is 11.3 Å². The topological polar surface area (TPSA) is 128 Å². The van der Waals surface area contributed by atoms with E-state index in [2.05, 4.69) is 15.5 Å². The molecule has 4 aliphatic rings. The average Bonchev–Trinajstić information content (AvgIpc) is 3.38. The van der Waals surface area contributed by atoms with Crippen LogP contribution in [0.3, 0.4) is 0 Å². The molecule has 12 heteroatoms. The van der Waals surface area contributed by atoms with Crippen LogP contribution in [-0.4, -0.2) is 94.3 Å². The largest absolute Gasteiger partial charge is 0.431 e. The van der Waals surface area contributed by atoms with Gasteiger partial charge in [-0.3, -0.25) is 24.6 Å². The molecule has 5 amide bonds. The second-order valence-corrected chi connectivity index (χ2v) is 13.2. The maximum absolute atomic E-state index is 13.8. The highest BCUT2D eigenvalue weighted by Gasteiger charge is 2.58. The van der Waals surface area contributed by atoms with Gasteiger partial charge in [0, 0.05) is 44.2 Å². The second-order valence-electron chi connectivity index (χ2n) is 12.1. The number of nitrogens with zero attached hydrogens (tertiary/aromatic N) is 3. The Labute approximate surface area is 238 Å². The van der Waals surface area contributed by atoms with Crippen LogP contribution in [0.4, 0.5) is 14.6 Å². The van der Waals surface area contributed by atoms with Crippen molar-refractivity contribution in [3.8, 4) is 0 Å². The van der Waals surface area contributed by atoms with E-state index < -0.39 is 23.3 Å². The third kappa shape index (κ3) is 5.11. The summed E-state index contributed by atoms with van der Waals surface area (Å²) in [6.45, 7) is 9.97. The Balaban J connectivity index is 1.28. The van der Waals surface area contributed by atoms with Crippen LogP contribution in [0.25, 0.3) is 0 Å². The van der Waals surface area contributed by atoms with Gasteiger partial charge in [-0.1, -0.05) is 0 Å². The van der Waals surface area contributed by atoms with Crippen molar-refractivity contribution in [2.75, 3.05) is 38.0 Å². The van der Waals surface area contributed by atoms with Crippen LogP contribution < -0.4 is 10.6 Å². The molecule has 1 unspecified atom stereocenters. The summed E-state index contributed by atoms with van der Waals surface area (Å²) in [4.78, 5) is 70.6. The van der Waals surface area contributed by atoms with Gasteiger partial charge in [-0.05, 0) is 78.3 Å². The number of fused-ring (bicyclic) bond motifs is 1. The fourth-order valence-electron chi connectivity index (χ4n) is 6.43. The Morgan fingerprint density at radius 2 is 1.80 bits per heavy atom. The maximum atomic E-state index is 13.8. The van der Waals surface area contributed by atoms with Crippen LogP contribution in [-0.2, 0) is 16.0 Å². The van der Waals surface area contributed by atoms with Gasteiger partial charge in [0.1, 0.15) is 5.00 Å². The number of nitrogens with one attached hydrogen (secondary N) is 2. The molecule has 5 rings (SSSR count). The first kappa shape index (κ1) is 28.5. The summed E-state index contributed by atoms with van der Waals surface area (Å²) in [6, 6.07) is -0.241. The van der Waals surface area contributed by atoms with E-state index in [1.807, 2.05) is 32.6 Å². The molecule has 1 atom stereocenters.